The van der Waals surface area contributed by atoms with Crippen LogP contribution >= 0.6 is 15.9 Å². The molecule has 1 aromatic rings. The summed E-state index contributed by atoms with van der Waals surface area (Å²) in [4.78, 5) is 0.311. The van der Waals surface area contributed by atoms with Gasteiger partial charge < -0.3 is 5.73 Å². The van der Waals surface area contributed by atoms with E-state index in [0.717, 1.165) is 25.7 Å². The van der Waals surface area contributed by atoms with E-state index in [9.17, 15) is 8.42 Å². The first-order valence-electron chi connectivity index (χ1n) is 7.03. The molecule has 0 radical (unpaired) electrons. The van der Waals surface area contributed by atoms with Gasteiger partial charge in [-0.2, -0.15) is 4.31 Å². The fraction of sp³-hybridized carbons (Fsp3) is 0.571. The minimum absolute atomic E-state index is 0.134. The van der Waals surface area contributed by atoms with Crippen molar-refractivity contribution in [2.75, 3.05) is 12.3 Å². The lowest BCUT2D eigenvalue weighted by atomic mass is 9.95. The standard InChI is InChI=1S/C14H21BrN2O2S/c1-2-17(11-6-4-3-5-7-11)20(18,19)12-8-9-14(16)13(15)10-12/h8-11H,2-7,16H2,1H3. The van der Waals surface area contributed by atoms with E-state index in [-0.39, 0.29) is 6.04 Å². The summed E-state index contributed by atoms with van der Waals surface area (Å²) in [6.45, 7) is 2.41. The zero-order chi connectivity index (χ0) is 14.8. The highest BCUT2D eigenvalue weighted by Crippen LogP contribution is 2.30. The second-order valence-electron chi connectivity index (χ2n) is 5.18. The van der Waals surface area contributed by atoms with E-state index in [1.54, 1.807) is 22.5 Å². The maximum Gasteiger partial charge on any atom is 0.243 e. The molecule has 0 aromatic heterocycles. The van der Waals surface area contributed by atoms with Crippen LogP contribution in [0, 0.1) is 0 Å². The Morgan fingerprint density at radius 3 is 2.50 bits per heavy atom. The molecule has 1 aromatic carbocycles. The van der Waals surface area contributed by atoms with Crippen LogP contribution in [0.15, 0.2) is 27.6 Å². The van der Waals surface area contributed by atoms with Gasteiger partial charge in [-0.1, -0.05) is 26.2 Å². The second kappa shape index (κ2) is 6.45. The molecule has 0 spiro atoms. The van der Waals surface area contributed by atoms with Crippen molar-refractivity contribution in [2.45, 2.75) is 50.0 Å². The van der Waals surface area contributed by atoms with Crippen molar-refractivity contribution < 1.29 is 8.42 Å². The van der Waals surface area contributed by atoms with Crippen molar-refractivity contribution in [1.29, 1.82) is 0 Å². The van der Waals surface area contributed by atoms with Crippen LogP contribution in [0.5, 0.6) is 0 Å². The van der Waals surface area contributed by atoms with Crippen molar-refractivity contribution in [3.8, 4) is 0 Å². The molecule has 0 heterocycles. The highest BCUT2D eigenvalue weighted by atomic mass is 79.9. The number of hydrogen-bond acceptors (Lipinski definition) is 3. The van der Waals surface area contributed by atoms with Crippen molar-refractivity contribution in [2.24, 2.45) is 0 Å². The van der Waals surface area contributed by atoms with E-state index in [1.807, 2.05) is 6.92 Å². The fourth-order valence-corrected chi connectivity index (χ4v) is 5.05. The molecule has 0 saturated heterocycles. The van der Waals surface area contributed by atoms with Gasteiger partial charge >= 0.3 is 0 Å². The van der Waals surface area contributed by atoms with Gasteiger partial charge in [0.25, 0.3) is 0 Å². The quantitative estimate of drug-likeness (QED) is 0.837. The maximum absolute atomic E-state index is 12.8. The van der Waals surface area contributed by atoms with E-state index >= 15 is 0 Å². The summed E-state index contributed by atoms with van der Waals surface area (Å²) in [5.41, 5.74) is 6.27. The van der Waals surface area contributed by atoms with Crippen LogP contribution < -0.4 is 5.73 Å². The number of benzene rings is 1. The minimum Gasteiger partial charge on any atom is -0.398 e. The Hall–Kier alpha value is -0.590. The number of nitrogens with zero attached hydrogens (tertiary/aromatic N) is 1. The Balaban J connectivity index is 2.32. The van der Waals surface area contributed by atoms with Crippen molar-refractivity contribution >= 4 is 31.6 Å². The first-order chi connectivity index (χ1) is 9.46. The van der Waals surface area contributed by atoms with Crippen LogP contribution in [0.3, 0.4) is 0 Å². The van der Waals surface area contributed by atoms with E-state index in [4.69, 9.17) is 5.73 Å². The third-order valence-electron chi connectivity index (χ3n) is 3.87. The van der Waals surface area contributed by atoms with Gasteiger partial charge in [-0.05, 0) is 47.0 Å². The molecular weight excluding hydrogens is 340 g/mol. The molecule has 0 atom stereocenters. The molecule has 0 bridgehead atoms. The molecule has 2 N–H and O–H groups in total. The van der Waals surface area contributed by atoms with Gasteiger partial charge in [0.05, 0.1) is 4.90 Å². The summed E-state index contributed by atoms with van der Waals surface area (Å²) < 4.78 is 27.8. The molecule has 0 unspecified atom stereocenters. The SMILES string of the molecule is CCN(C1CCCCC1)S(=O)(=O)c1ccc(N)c(Br)c1. The smallest absolute Gasteiger partial charge is 0.243 e. The van der Waals surface area contributed by atoms with Gasteiger partial charge in [0.15, 0.2) is 0 Å². The largest absolute Gasteiger partial charge is 0.398 e. The Bertz CT molecular complexity index is 569. The van der Waals surface area contributed by atoms with Gasteiger partial charge in [0.2, 0.25) is 10.0 Å². The van der Waals surface area contributed by atoms with Gasteiger partial charge in [-0.25, -0.2) is 8.42 Å². The Morgan fingerprint density at radius 1 is 1.30 bits per heavy atom. The Morgan fingerprint density at radius 2 is 1.95 bits per heavy atom. The number of nitrogen functional groups attached to an aromatic ring is 1. The van der Waals surface area contributed by atoms with Crippen LogP contribution in [0.4, 0.5) is 5.69 Å². The topological polar surface area (TPSA) is 63.4 Å². The van der Waals surface area contributed by atoms with E-state index in [2.05, 4.69) is 15.9 Å². The van der Waals surface area contributed by atoms with E-state index in [0.29, 0.717) is 21.6 Å². The molecule has 6 heteroatoms. The van der Waals surface area contributed by atoms with E-state index in [1.165, 1.54) is 6.42 Å². The number of anilines is 1. The summed E-state index contributed by atoms with van der Waals surface area (Å²) in [5.74, 6) is 0. The number of sulfonamides is 1. The van der Waals surface area contributed by atoms with Crippen LogP contribution in [0.2, 0.25) is 0 Å². The lowest BCUT2D eigenvalue weighted by Crippen LogP contribution is -2.41. The molecule has 112 valence electrons. The molecule has 1 fully saturated rings. The average Bonchev–Trinajstić information content (AvgIpc) is 2.43. The Kier molecular flexibility index (Phi) is 5.09. The lowest BCUT2D eigenvalue weighted by molar-refractivity contribution is 0.261. The van der Waals surface area contributed by atoms with Crippen LogP contribution in [-0.4, -0.2) is 25.3 Å². The van der Waals surface area contributed by atoms with Crippen LogP contribution in [0.25, 0.3) is 0 Å². The van der Waals surface area contributed by atoms with Crippen LogP contribution in [-0.2, 0) is 10.0 Å². The Labute approximate surface area is 129 Å². The predicted molar refractivity (Wildman–Crippen MR) is 85.0 cm³/mol. The maximum atomic E-state index is 12.8. The van der Waals surface area contributed by atoms with Gasteiger partial charge in [-0.15, -0.1) is 0 Å². The summed E-state index contributed by atoms with van der Waals surface area (Å²) in [5, 5.41) is 0. The second-order valence-corrected chi connectivity index (χ2v) is 7.93. The van der Waals surface area contributed by atoms with Crippen molar-refractivity contribution in [1.82, 2.24) is 4.31 Å². The molecule has 2 rings (SSSR count). The number of nitrogens with two attached hydrogens (primary N) is 1. The van der Waals surface area contributed by atoms with E-state index < -0.39 is 10.0 Å². The van der Waals surface area contributed by atoms with Gasteiger partial charge in [-0.3, -0.25) is 0 Å². The van der Waals surface area contributed by atoms with Gasteiger partial charge in [0.1, 0.15) is 0 Å². The van der Waals surface area contributed by atoms with Crippen molar-refractivity contribution in [3.63, 3.8) is 0 Å². The predicted octanol–water partition coefficient (Wildman–Crippen LogP) is 3.37. The fourth-order valence-electron chi connectivity index (χ4n) is 2.80. The summed E-state index contributed by atoms with van der Waals surface area (Å²) >= 11 is 3.30. The first kappa shape index (κ1) is 15.8. The molecule has 1 aliphatic rings. The summed E-state index contributed by atoms with van der Waals surface area (Å²) in [6, 6.07) is 4.94. The summed E-state index contributed by atoms with van der Waals surface area (Å²) in [7, 11) is -3.44. The normalized spacial score (nSPS) is 17.6. The van der Waals surface area contributed by atoms with Gasteiger partial charge in [0, 0.05) is 22.7 Å². The highest BCUT2D eigenvalue weighted by molar-refractivity contribution is 9.10. The molecule has 0 aliphatic heterocycles. The molecule has 20 heavy (non-hydrogen) atoms. The molecule has 1 saturated carbocycles. The monoisotopic (exact) mass is 360 g/mol. The number of halogens is 1. The number of rotatable bonds is 4. The average molecular weight is 361 g/mol. The zero-order valence-corrected chi connectivity index (χ0v) is 14.1. The zero-order valence-electron chi connectivity index (χ0n) is 11.7. The third kappa shape index (κ3) is 3.18. The first-order valence-corrected chi connectivity index (χ1v) is 9.27. The molecular formula is C14H21BrN2O2S. The number of hydrogen-bond donors (Lipinski definition) is 1. The highest BCUT2D eigenvalue weighted by Gasteiger charge is 2.31. The summed E-state index contributed by atoms with van der Waals surface area (Å²) in [6.07, 6.45) is 5.36. The molecule has 0 amide bonds. The minimum atomic E-state index is -3.44. The van der Waals surface area contributed by atoms with Crippen molar-refractivity contribution in [3.05, 3.63) is 22.7 Å². The lowest BCUT2D eigenvalue weighted by Gasteiger charge is -2.32. The molecule has 4 nitrogen and oxygen atoms in total. The third-order valence-corrected chi connectivity index (χ3v) is 6.58. The van der Waals surface area contributed by atoms with Crippen LogP contribution in [0.1, 0.15) is 39.0 Å². The molecule has 1 aliphatic carbocycles.